The van der Waals surface area contributed by atoms with Crippen molar-refractivity contribution in [2.24, 2.45) is 23.2 Å². The molecule has 3 fully saturated rings. The van der Waals surface area contributed by atoms with Crippen LogP contribution >= 0.6 is 0 Å². The van der Waals surface area contributed by atoms with Gasteiger partial charge in [-0.1, -0.05) is 46.5 Å². The maximum absolute atomic E-state index is 13.8. The normalized spacial score (nSPS) is 27.3. The molecule has 12 heteroatoms. The molecule has 1 saturated carbocycles. The first-order valence-electron chi connectivity index (χ1n) is 13.9. The van der Waals surface area contributed by atoms with Crippen LogP contribution in [0.15, 0.2) is 0 Å². The summed E-state index contributed by atoms with van der Waals surface area (Å²) in [7, 11) is 1.67. The molecule has 0 aromatic rings. The molecular formula is C27H44F3N5O4. The minimum Gasteiger partial charge on any atom is -0.351 e. The molecule has 0 aromatic carbocycles. The highest BCUT2D eigenvalue weighted by Crippen LogP contribution is 2.39. The van der Waals surface area contributed by atoms with E-state index in [1.54, 1.807) is 27.8 Å². The zero-order valence-electron chi connectivity index (χ0n) is 23.8. The number of carbonyl (C=O) groups excluding carboxylic acids is 4. The van der Waals surface area contributed by atoms with Crippen molar-refractivity contribution in [3.05, 3.63) is 0 Å². The maximum atomic E-state index is 13.8. The fourth-order valence-electron chi connectivity index (χ4n) is 6.35. The standard InChI is InChI=1S/C27H44F3N5O4/c1-25(2,3)20(33-24(39)27(28,29)30)23(38)35-14-17(15-9-7-8-10-15)11-18(35)22(37)32-19(31-6)12-16-13-26(4,5)34-21(16)36/h15-20,31H,7-14H2,1-6H3,(H,32,37)(H,33,39)(H,34,36)/t16-,17-,18?,19+,20-/m1/s1. The number of hydrogen-bond acceptors (Lipinski definition) is 5. The average Bonchev–Trinajstić information content (AvgIpc) is 3.53. The molecule has 2 aliphatic heterocycles. The topological polar surface area (TPSA) is 120 Å². The van der Waals surface area contributed by atoms with Crippen molar-refractivity contribution in [3.8, 4) is 0 Å². The smallest absolute Gasteiger partial charge is 0.351 e. The van der Waals surface area contributed by atoms with E-state index < -0.39 is 47.6 Å². The first-order chi connectivity index (χ1) is 17.9. The van der Waals surface area contributed by atoms with E-state index in [1.165, 1.54) is 4.90 Å². The van der Waals surface area contributed by atoms with Crippen LogP contribution in [0.3, 0.4) is 0 Å². The molecule has 1 unspecified atom stereocenters. The molecular weight excluding hydrogens is 515 g/mol. The minimum atomic E-state index is -5.14. The summed E-state index contributed by atoms with van der Waals surface area (Å²) in [6.45, 7) is 8.86. The molecule has 4 N–H and O–H groups in total. The third kappa shape index (κ3) is 7.64. The second kappa shape index (κ2) is 11.6. The van der Waals surface area contributed by atoms with Crippen LogP contribution in [0.5, 0.6) is 0 Å². The fourth-order valence-corrected chi connectivity index (χ4v) is 6.35. The molecule has 3 rings (SSSR count). The molecule has 2 saturated heterocycles. The fraction of sp³-hybridized carbons (Fsp3) is 0.852. The second-order valence-electron chi connectivity index (χ2n) is 13.2. The van der Waals surface area contributed by atoms with Crippen molar-refractivity contribution in [2.75, 3.05) is 13.6 Å². The van der Waals surface area contributed by atoms with Crippen LogP contribution in [0.4, 0.5) is 13.2 Å². The number of likely N-dealkylation sites (tertiary alicyclic amines) is 1. The van der Waals surface area contributed by atoms with Crippen molar-refractivity contribution < 1.29 is 32.3 Å². The van der Waals surface area contributed by atoms with E-state index in [9.17, 15) is 32.3 Å². The molecule has 3 aliphatic rings. The van der Waals surface area contributed by atoms with Crippen LogP contribution in [0.1, 0.15) is 79.6 Å². The van der Waals surface area contributed by atoms with Gasteiger partial charge in [-0.05, 0) is 57.4 Å². The Morgan fingerprint density at radius 3 is 2.18 bits per heavy atom. The van der Waals surface area contributed by atoms with Crippen molar-refractivity contribution in [1.82, 2.24) is 26.2 Å². The third-order valence-electron chi connectivity index (χ3n) is 8.41. The average molecular weight is 560 g/mol. The summed E-state index contributed by atoms with van der Waals surface area (Å²) in [6.07, 6.45) is -0.188. The molecule has 2 heterocycles. The zero-order chi connectivity index (χ0) is 29.3. The molecule has 0 spiro atoms. The molecule has 4 amide bonds. The number of nitrogens with zero attached hydrogens (tertiary/aromatic N) is 1. The van der Waals surface area contributed by atoms with Gasteiger partial charge in [0.05, 0.1) is 6.17 Å². The van der Waals surface area contributed by atoms with Crippen LogP contribution in [-0.4, -0.2) is 72.1 Å². The lowest BCUT2D eigenvalue weighted by Gasteiger charge is -2.36. The number of halogens is 3. The Bertz CT molecular complexity index is 943. The van der Waals surface area contributed by atoms with Gasteiger partial charge in [-0.2, -0.15) is 13.2 Å². The molecule has 0 aromatic heterocycles. The summed E-state index contributed by atoms with van der Waals surface area (Å²) in [6, 6.07) is -2.35. The number of alkyl halides is 3. The van der Waals surface area contributed by atoms with Gasteiger partial charge in [-0.25, -0.2) is 0 Å². The van der Waals surface area contributed by atoms with Crippen LogP contribution in [0.2, 0.25) is 0 Å². The highest BCUT2D eigenvalue weighted by atomic mass is 19.4. The summed E-state index contributed by atoms with van der Waals surface area (Å²) >= 11 is 0. The highest BCUT2D eigenvalue weighted by molar-refractivity contribution is 5.94. The lowest BCUT2D eigenvalue weighted by atomic mass is 9.85. The third-order valence-corrected chi connectivity index (χ3v) is 8.41. The summed E-state index contributed by atoms with van der Waals surface area (Å²) < 4.78 is 39.3. The van der Waals surface area contributed by atoms with Crippen LogP contribution in [0, 0.1) is 23.2 Å². The number of hydrogen-bond donors (Lipinski definition) is 4. The van der Waals surface area contributed by atoms with Crippen molar-refractivity contribution in [3.63, 3.8) is 0 Å². The second-order valence-corrected chi connectivity index (χ2v) is 13.2. The number of carbonyl (C=O) groups is 4. The first-order valence-corrected chi connectivity index (χ1v) is 13.9. The van der Waals surface area contributed by atoms with Gasteiger partial charge in [0.1, 0.15) is 12.1 Å². The molecule has 1 aliphatic carbocycles. The Morgan fingerprint density at radius 2 is 1.69 bits per heavy atom. The number of nitrogens with one attached hydrogen (secondary N) is 4. The van der Waals surface area contributed by atoms with E-state index in [2.05, 4.69) is 16.0 Å². The van der Waals surface area contributed by atoms with Gasteiger partial charge in [-0.15, -0.1) is 0 Å². The van der Waals surface area contributed by atoms with Gasteiger partial charge in [0.15, 0.2) is 0 Å². The zero-order valence-corrected chi connectivity index (χ0v) is 23.8. The number of rotatable bonds is 8. The van der Waals surface area contributed by atoms with E-state index in [-0.39, 0.29) is 29.8 Å². The van der Waals surface area contributed by atoms with Crippen LogP contribution < -0.4 is 21.3 Å². The van der Waals surface area contributed by atoms with E-state index in [4.69, 9.17) is 0 Å². The van der Waals surface area contributed by atoms with E-state index in [0.717, 1.165) is 25.7 Å². The molecule has 0 bridgehead atoms. The Morgan fingerprint density at radius 1 is 1.08 bits per heavy atom. The van der Waals surface area contributed by atoms with Gasteiger partial charge in [0, 0.05) is 18.0 Å². The van der Waals surface area contributed by atoms with Gasteiger partial charge >= 0.3 is 12.1 Å². The van der Waals surface area contributed by atoms with Crippen molar-refractivity contribution >= 4 is 23.6 Å². The maximum Gasteiger partial charge on any atom is 0.471 e. The molecule has 9 nitrogen and oxygen atoms in total. The Hall–Kier alpha value is -2.37. The monoisotopic (exact) mass is 559 g/mol. The van der Waals surface area contributed by atoms with Crippen molar-refractivity contribution in [2.45, 2.75) is 110 Å². The lowest BCUT2D eigenvalue weighted by Crippen LogP contribution is -2.60. The quantitative estimate of drug-likeness (QED) is 0.341. The molecule has 222 valence electrons. The molecule has 5 atom stereocenters. The first kappa shape index (κ1) is 31.2. The lowest BCUT2D eigenvalue weighted by molar-refractivity contribution is -0.176. The van der Waals surface area contributed by atoms with E-state index in [1.807, 2.05) is 19.2 Å². The summed E-state index contributed by atoms with van der Waals surface area (Å²) in [4.78, 5) is 53.0. The minimum absolute atomic E-state index is 0.0422. The summed E-state index contributed by atoms with van der Waals surface area (Å²) in [5.74, 6) is -3.30. The summed E-state index contributed by atoms with van der Waals surface area (Å²) in [5, 5.41) is 10.8. The Balaban J connectivity index is 1.81. The van der Waals surface area contributed by atoms with E-state index >= 15 is 0 Å². The van der Waals surface area contributed by atoms with E-state index in [0.29, 0.717) is 25.2 Å². The Kier molecular flexibility index (Phi) is 9.29. The predicted molar refractivity (Wildman–Crippen MR) is 139 cm³/mol. The Labute approximate surface area is 228 Å². The van der Waals surface area contributed by atoms with Crippen LogP contribution in [-0.2, 0) is 19.2 Å². The van der Waals surface area contributed by atoms with Gasteiger partial charge < -0.3 is 26.2 Å². The molecule has 39 heavy (non-hydrogen) atoms. The largest absolute Gasteiger partial charge is 0.471 e. The SMILES string of the molecule is CN[C@H](C[C@@H]1CC(C)(C)NC1=O)NC(=O)C1C[C@@H](C2CCCC2)CN1C(=O)[C@@H](NC(=O)C(F)(F)F)C(C)(C)C. The number of amides is 4. The predicted octanol–water partition coefficient (Wildman–Crippen LogP) is 2.45. The van der Waals surface area contributed by atoms with Gasteiger partial charge in [-0.3, -0.25) is 19.2 Å². The van der Waals surface area contributed by atoms with Gasteiger partial charge in [0.2, 0.25) is 17.7 Å². The highest BCUT2D eigenvalue weighted by Gasteiger charge is 2.49. The summed E-state index contributed by atoms with van der Waals surface area (Å²) in [5.41, 5.74) is -1.36. The van der Waals surface area contributed by atoms with Crippen molar-refractivity contribution in [1.29, 1.82) is 0 Å². The van der Waals surface area contributed by atoms with Gasteiger partial charge in [0.25, 0.3) is 0 Å². The van der Waals surface area contributed by atoms with Crippen LogP contribution in [0.25, 0.3) is 0 Å². The molecule has 0 radical (unpaired) electrons.